The summed E-state index contributed by atoms with van der Waals surface area (Å²) in [7, 11) is -7.93. The highest BCUT2D eigenvalue weighted by Gasteiger charge is 2.21. The van der Waals surface area contributed by atoms with Crippen molar-refractivity contribution in [2.45, 2.75) is 30.2 Å². The highest BCUT2D eigenvalue weighted by Crippen LogP contribution is 2.20. The molecule has 2 N–H and O–H groups in total. The second kappa shape index (κ2) is 8.28. The van der Waals surface area contributed by atoms with E-state index in [2.05, 4.69) is 9.82 Å². The minimum absolute atomic E-state index is 0.0216. The topological polar surface area (TPSA) is 127 Å². The van der Waals surface area contributed by atoms with Crippen LogP contribution in [-0.4, -0.2) is 32.5 Å². The maximum absolute atomic E-state index is 12.8. The van der Waals surface area contributed by atoms with Gasteiger partial charge >= 0.3 is 0 Å². The van der Waals surface area contributed by atoms with Gasteiger partial charge < -0.3 is 0 Å². The van der Waals surface area contributed by atoms with Crippen LogP contribution < -0.4 is 9.44 Å². The third-order valence-electron chi connectivity index (χ3n) is 4.07. The van der Waals surface area contributed by atoms with Crippen LogP contribution in [0.15, 0.2) is 70.6 Å². The largest absolute Gasteiger partial charge is 0.280 e. The molecule has 0 atom stereocenters. The summed E-state index contributed by atoms with van der Waals surface area (Å²) in [5.41, 5.74) is 1.49. The zero-order chi connectivity index (χ0) is 21.9. The second-order valence-electron chi connectivity index (χ2n) is 6.55. The number of aromatic nitrogens is 2. The number of nitrogens with zero attached hydrogens (tertiary/aromatic N) is 2. The summed E-state index contributed by atoms with van der Waals surface area (Å²) < 4.78 is 55.3. The maximum Gasteiger partial charge on any atom is 0.265 e. The van der Waals surface area contributed by atoms with Gasteiger partial charge in [-0.3, -0.25) is 14.2 Å². The Kier molecular flexibility index (Phi) is 5.94. The molecule has 0 aliphatic carbocycles. The van der Waals surface area contributed by atoms with E-state index in [1.807, 2.05) is 35.1 Å². The molecule has 0 radical (unpaired) electrons. The predicted molar refractivity (Wildman–Crippen MR) is 111 cm³/mol. The highest BCUT2D eigenvalue weighted by atomic mass is 32.2. The van der Waals surface area contributed by atoms with Crippen molar-refractivity contribution in [2.75, 3.05) is 4.72 Å². The van der Waals surface area contributed by atoms with Crippen LogP contribution in [0, 0.1) is 6.92 Å². The summed E-state index contributed by atoms with van der Waals surface area (Å²) in [5, 5.41) is 4.27. The molecule has 1 amide bonds. The number of amides is 1. The zero-order valence-electron chi connectivity index (χ0n) is 16.2. The molecule has 1 heterocycles. The molecule has 0 saturated carbocycles. The van der Waals surface area contributed by atoms with Gasteiger partial charge in [0.2, 0.25) is 5.91 Å². The Hall–Kier alpha value is -3.18. The van der Waals surface area contributed by atoms with Gasteiger partial charge in [0.1, 0.15) is 4.90 Å². The summed E-state index contributed by atoms with van der Waals surface area (Å²) >= 11 is 0. The fourth-order valence-corrected chi connectivity index (χ4v) is 5.01. The van der Waals surface area contributed by atoms with Gasteiger partial charge in [-0.2, -0.15) is 5.10 Å². The minimum atomic E-state index is -4.00. The number of carbonyl (C=O) groups excluding carboxylic acids is 1. The van der Waals surface area contributed by atoms with Gasteiger partial charge in [0, 0.05) is 18.8 Å². The van der Waals surface area contributed by atoms with Crippen molar-refractivity contribution in [1.29, 1.82) is 0 Å². The quantitative estimate of drug-likeness (QED) is 0.568. The van der Waals surface area contributed by atoms with Gasteiger partial charge in [0.05, 0.1) is 17.1 Å². The molecule has 11 heteroatoms. The lowest BCUT2D eigenvalue weighted by molar-refractivity contribution is -0.117. The normalized spacial score (nSPS) is 11.8. The fraction of sp³-hybridized carbons (Fsp3) is 0.158. The number of hydrogen-bond donors (Lipinski definition) is 2. The van der Waals surface area contributed by atoms with E-state index < -0.39 is 26.0 Å². The Morgan fingerprint density at radius 1 is 0.967 bits per heavy atom. The van der Waals surface area contributed by atoms with Gasteiger partial charge in [0.15, 0.2) is 0 Å². The Bertz CT molecular complexity index is 1270. The molecule has 30 heavy (non-hydrogen) atoms. The fourth-order valence-electron chi connectivity index (χ4n) is 2.78. The van der Waals surface area contributed by atoms with Crippen LogP contribution in [0.1, 0.15) is 18.2 Å². The number of aryl methyl sites for hydroxylation is 1. The molecule has 3 aromatic rings. The molecule has 0 bridgehead atoms. The van der Waals surface area contributed by atoms with Crippen LogP contribution in [0.4, 0.5) is 5.69 Å². The van der Waals surface area contributed by atoms with E-state index in [1.54, 1.807) is 11.6 Å². The molecule has 0 fully saturated rings. The molecule has 9 nitrogen and oxygen atoms in total. The first kappa shape index (κ1) is 21.5. The average molecular weight is 449 g/mol. The number of benzene rings is 2. The standard InChI is InChI=1S/C19H20N4O5S2/c1-14-19(13-23(20-14)12-16-6-4-3-5-7-16)30(27,28)22-17-8-10-18(11-9-17)29(25,26)21-15(2)24/h3-11,13,22H,12H2,1-2H3,(H,21,24). The van der Waals surface area contributed by atoms with Crippen molar-refractivity contribution in [1.82, 2.24) is 14.5 Å². The molecular formula is C19H20N4O5S2. The first-order valence-corrected chi connectivity index (χ1v) is 11.8. The van der Waals surface area contributed by atoms with E-state index in [-0.39, 0.29) is 15.5 Å². The second-order valence-corrected chi connectivity index (χ2v) is 9.89. The van der Waals surface area contributed by atoms with E-state index in [0.29, 0.717) is 12.2 Å². The minimum Gasteiger partial charge on any atom is -0.280 e. The number of rotatable bonds is 7. The molecule has 0 aliphatic rings. The molecule has 0 aliphatic heterocycles. The first-order chi connectivity index (χ1) is 14.1. The molecule has 1 aromatic heterocycles. The SMILES string of the molecule is CC(=O)NS(=O)(=O)c1ccc(NS(=O)(=O)c2cn(Cc3ccccc3)nc2C)cc1. The smallest absolute Gasteiger partial charge is 0.265 e. The third kappa shape index (κ3) is 5.05. The Morgan fingerprint density at radius 2 is 1.60 bits per heavy atom. The van der Waals surface area contributed by atoms with Crippen LogP contribution in [0.2, 0.25) is 0 Å². The highest BCUT2D eigenvalue weighted by molar-refractivity contribution is 7.92. The predicted octanol–water partition coefficient (Wildman–Crippen LogP) is 1.87. The molecular weight excluding hydrogens is 428 g/mol. The Balaban J connectivity index is 1.79. The maximum atomic E-state index is 12.8. The van der Waals surface area contributed by atoms with Crippen LogP contribution in [0.25, 0.3) is 0 Å². The molecule has 0 unspecified atom stereocenters. The van der Waals surface area contributed by atoms with Crippen molar-refractivity contribution in [3.63, 3.8) is 0 Å². The molecule has 0 saturated heterocycles. The van der Waals surface area contributed by atoms with Crippen molar-refractivity contribution in [3.05, 3.63) is 72.1 Å². The van der Waals surface area contributed by atoms with Crippen LogP contribution in [0.3, 0.4) is 0 Å². The number of carbonyl (C=O) groups is 1. The van der Waals surface area contributed by atoms with Gasteiger partial charge in [-0.25, -0.2) is 21.6 Å². The van der Waals surface area contributed by atoms with E-state index in [9.17, 15) is 21.6 Å². The summed E-state index contributed by atoms with van der Waals surface area (Å²) in [6.45, 7) is 3.10. The van der Waals surface area contributed by atoms with Crippen molar-refractivity contribution < 1.29 is 21.6 Å². The van der Waals surface area contributed by atoms with Gasteiger partial charge in [-0.1, -0.05) is 30.3 Å². The van der Waals surface area contributed by atoms with Crippen LogP contribution >= 0.6 is 0 Å². The van der Waals surface area contributed by atoms with Crippen molar-refractivity contribution in [2.24, 2.45) is 0 Å². The molecule has 3 rings (SSSR count). The van der Waals surface area contributed by atoms with Gasteiger partial charge in [0.25, 0.3) is 20.0 Å². The van der Waals surface area contributed by atoms with E-state index in [4.69, 9.17) is 0 Å². The van der Waals surface area contributed by atoms with Crippen LogP contribution in [-0.2, 0) is 31.4 Å². The molecule has 158 valence electrons. The number of hydrogen-bond acceptors (Lipinski definition) is 6. The van der Waals surface area contributed by atoms with Crippen LogP contribution in [0.5, 0.6) is 0 Å². The number of nitrogens with one attached hydrogen (secondary N) is 2. The first-order valence-electron chi connectivity index (χ1n) is 8.81. The summed E-state index contributed by atoms with van der Waals surface area (Å²) in [6.07, 6.45) is 1.44. The Morgan fingerprint density at radius 3 is 2.20 bits per heavy atom. The lowest BCUT2D eigenvalue weighted by atomic mass is 10.2. The summed E-state index contributed by atoms with van der Waals surface area (Å²) in [4.78, 5) is 10.9. The Labute approximate surface area is 174 Å². The molecule has 2 aromatic carbocycles. The van der Waals surface area contributed by atoms with E-state index >= 15 is 0 Å². The zero-order valence-corrected chi connectivity index (χ0v) is 17.9. The lowest BCUT2D eigenvalue weighted by Gasteiger charge is -2.09. The summed E-state index contributed by atoms with van der Waals surface area (Å²) in [5.74, 6) is -0.720. The van der Waals surface area contributed by atoms with Crippen molar-refractivity contribution in [3.8, 4) is 0 Å². The molecule has 0 spiro atoms. The van der Waals surface area contributed by atoms with Gasteiger partial charge in [-0.05, 0) is 36.8 Å². The average Bonchev–Trinajstić information content (AvgIpc) is 3.03. The van der Waals surface area contributed by atoms with E-state index in [1.165, 1.54) is 30.5 Å². The summed E-state index contributed by atoms with van der Waals surface area (Å²) in [6, 6.07) is 14.5. The number of sulfonamides is 2. The monoisotopic (exact) mass is 448 g/mol. The van der Waals surface area contributed by atoms with E-state index in [0.717, 1.165) is 12.5 Å². The number of anilines is 1. The lowest BCUT2D eigenvalue weighted by Crippen LogP contribution is -2.28. The van der Waals surface area contributed by atoms with Gasteiger partial charge in [-0.15, -0.1) is 0 Å². The van der Waals surface area contributed by atoms with Crippen molar-refractivity contribution >= 4 is 31.6 Å². The third-order valence-corrected chi connectivity index (χ3v) is 7.01.